The molecule has 16 heavy (non-hydrogen) atoms. The molecule has 0 aromatic rings. The van der Waals surface area contributed by atoms with Gasteiger partial charge < -0.3 is 4.74 Å². The zero-order valence-corrected chi connectivity index (χ0v) is 10.3. The SMILES string of the molecule is COC(=O)C(C)NC1CCOS(=O)(=O)N1C. The smallest absolute Gasteiger partial charge is 0.339 e. The molecule has 2 unspecified atom stereocenters. The Morgan fingerprint density at radius 2 is 2.25 bits per heavy atom. The van der Waals surface area contributed by atoms with Crippen LogP contribution < -0.4 is 5.32 Å². The number of carbonyl (C=O) groups excluding carboxylic acids is 1. The third-order valence-electron chi connectivity index (χ3n) is 2.41. The van der Waals surface area contributed by atoms with Gasteiger partial charge in [-0.15, -0.1) is 0 Å². The number of ether oxygens (including phenoxy) is 1. The number of hydrogen-bond acceptors (Lipinski definition) is 6. The molecule has 0 spiro atoms. The van der Waals surface area contributed by atoms with Crippen LogP contribution in [0.4, 0.5) is 0 Å². The second-order valence-electron chi connectivity index (χ2n) is 3.51. The lowest BCUT2D eigenvalue weighted by Crippen LogP contribution is -2.55. The molecule has 0 aromatic carbocycles. The highest BCUT2D eigenvalue weighted by Gasteiger charge is 2.33. The first kappa shape index (κ1) is 13.4. The van der Waals surface area contributed by atoms with E-state index in [1.807, 2.05) is 0 Å². The maximum absolute atomic E-state index is 11.4. The number of nitrogens with one attached hydrogen (secondary N) is 1. The summed E-state index contributed by atoms with van der Waals surface area (Å²) in [5.41, 5.74) is 0. The lowest BCUT2D eigenvalue weighted by Gasteiger charge is -2.33. The van der Waals surface area contributed by atoms with Gasteiger partial charge in [0.2, 0.25) is 0 Å². The van der Waals surface area contributed by atoms with E-state index in [0.717, 1.165) is 4.31 Å². The van der Waals surface area contributed by atoms with Crippen LogP contribution in [-0.4, -0.2) is 51.7 Å². The van der Waals surface area contributed by atoms with Crippen molar-refractivity contribution in [3.63, 3.8) is 0 Å². The molecule has 8 heteroatoms. The molecule has 0 aromatic heterocycles. The molecule has 94 valence electrons. The highest BCUT2D eigenvalue weighted by atomic mass is 32.2. The Morgan fingerprint density at radius 1 is 1.62 bits per heavy atom. The second-order valence-corrected chi connectivity index (χ2v) is 5.18. The van der Waals surface area contributed by atoms with Crippen LogP contribution in [0.25, 0.3) is 0 Å². The molecule has 0 aliphatic carbocycles. The Bertz CT molecular complexity index is 355. The maximum Gasteiger partial charge on any atom is 0.339 e. The summed E-state index contributed by atoms with van der Waals surface area (Å²) in [6, 6.07) is -0.564. The molecule has 0 radical (unpaired) electrons. The average molecular weight is 252 g/mol. The summed E-state index contributed by atoms with van der Waals surface area (Å²) in [5.74, 6) is -0.433. The van der Waals surface area contributed by atoms with Crippen molar-refractivity contribution in [2.24, 2.45) is 0 Å². The fourth-order valence-electron chi connectivity index (χ4n) is 1.41. The summed E-state index contributed by atoms with van der Waals surface area (Å²) in [4.78, 5) is 11.2. The van der Waals surface area contributed by atoms with Crippen molar-refractivity contribution in [3.8, 4) is 0 Å². The monoisotopic (exact) mass is 252 g/mol. The van der Waals surface area contributed by atoms with E-state index < -0.39 is 28.5 Å². The van der Waals surface area contributed by atoms with Gasteiger partial charge in [-0.1, -0.05) is 0 Å². The first-order valence-corrected chi connectivity index (χ1v) is 6.21. The van der Waals surface area contributed by atoms with Crippen molar-refractivity contribution in [2.45, 2.75) is 25.6 Å². The number of methoxy groups -OCH3 is 1. The van der Waals surface area contributed by atoms with Gasteiger partial charge in [0.25, 0.3) is 0 Å². The Kier molecular flexibility index (Phi) is 4.25. The predicted molar refractivity (Wildman–Crippen MR) is 55.7 cm³/mol. The van der Waals surface area contributed by atoms with Gasteiger partial charge in [0, 0.05) is 13.5 Å². The van der Waals surface area contributed by atoms with Crippen molar-refractivity contribution < 1.29 is 22.1 Å². The fraction of sp³-hybridized carbons (Fsp3) is 0.875. The number of nitrogens with zero attached hydrogens (tertiary/aromatic N) is 1. The minimum atomic E-state index is -3.67. The molecule has 1 saturated heterocycles. The van der Waals surface area contributed by atoms with Crippen molar-refractivity contribution in [2.75, 3.05) is 20.8 Å². The molecule has 1 rings (SSSR count). The number of hydrogen-bond donors (Lipinski definition) is 1. The topological polar surface area (TPSA) is 84.9 Å². The van der Waals surface area contributed by atoms with Crippen LogP contribution in [0.1, 0.15) is 13.3 Å². The number of rotatable bonds is 3. The van der Waals surface area contributed by atoms with Gasteiger partial charge in [0.15, 0.2) is 0 Å². The van der Waals surface area contributed by atoms with Gasteiger partial charge in [-0.3, -0.25) is 14.3 Å². The molecule has 1 aliphatic rings. The highest BCUT2D eigenvalue weighted by Crippen LogP contribution is 2.15. The molecule has 1 heterocycles. The molecule has 1 aliphatic heterocycles. The van der Waals surface area contributed by atoms with E-state index in [1.54, 1.807) is 6.92 Å². The zero-order chi connectivity index (χ0) is 12.3. The minimum Gasteiger partial charge on any atom is -0.468 e. The zero-order valence-electron chi connectivity index (χ0n) is 9.47. The van der Waals surface area contributed by atoms with E-state index >= 15 is 0 Å². The molecule has 1 fully saturated rings. The first-order chi connectivity index (χ1) is 7.38. The van der Waals surface area contributed by atoms with Gasteiger partial charge in [-0.2, -0.15) is 12.7 Å². The fourth-order valence-corrected chi connectivity index (χ4v) is 2.36. The van der Waals surface area contributed by atoms with Crippen LogP contribution in [0.3, 0.4) is 0 Å². The van der Waals surface area contributed by atoms with Crippen molar-refractivity contribution in [3.05, 3.63) is 0 Å². The van der Waals surface area contributed by atoms with E-state index in [0.29, 0.717) is 6.42 Å². The lowest BCUT2D eigenvalue weighted by atomic mass is 10.3. The lowest BCUT2D eigenvalue weighted by molar-refractivity contribution is -0.143. The van der Waals surface area contributed by atoms with Gasteiger partial charge in [0.05, 0.1) is 19.9 Å². The third kappa shape index (κ3) is 2.91. The maximum atomic E-state index is 11.4. The molecular weight excluding hydrogens is 236 g/mol. The summed E-state index contributed by atoms with van der Waals surface area (Å²) in [7, 11) is -0.988. The quantitative estimate of drug-likeness (QED) is 0.653. The van der Waals surface area contributed by atoms with Crippen molar-refractivity contribution in [1.29, 1.82) is 0 Å². The van der Waals surface area contributed by atoms with Gasteiger partial charge in [-0.05, 0) is 6.92 Å². The molecular formula is C8H16N2O5S. The van der Waals surface area contributed by atoms with Crippen molar-refractivity contribution in [1.82, 2.24) is 9.62 Å². The van der Waals surface area contributed by atoms with Crippen LogP contribution in [0.5, 0.6) is 0 Å². The van der Waals surface area contributed by atoms with Gasteiger partial charge in [-0.25, -0.2) is 0 Å². The summed E-state index contributed by atoms with van der Waals surface area (Å²) in [6.45, 7) is 1.72. The Hall–Kier alpha value is -0.700. The molecule has 1 N–H and O–H groups in total. The molecule has 0 saturated carbocycles. The average Bonchev–Trinajstić information content (AvgIpc) is 2.23. The highest BCUT2D eigenvalue weighted by molar-refractivity contribution is 7.84. The van der Waals surface area contributed by atoms with Crippen LogP contribution in [-0.2, 0) is 24.0 Å². The van der Waals surface area contributed by atoms with Crippen LogP contribution in [0.2, 0.25) is 0 Å². The summed E-state index contributed by atoms with van der Waals surface area (Å²) in [6.07, 6.45) is 0.0321. The normalized spacial score (nSPS) is 27.3. The summed E-state index contributed by atoms with van der Waals surface area (Å²) < 4.78 is 32.9. The second kappa shape index (κ2) is 5.09. The molecule has 0 bridgehead atoms. The van der Waals surface area contributed by atoms with E-state index in [1.165, 1.54) is 14.2 Å². The number of esters is 1. The van der Waals surface area contributed by atoms with Crippen LogP contribution in [0.15, 0.2) is 0 Å². The van der Waals surface area contributed by atoms with E-state index in [-0.39, 0.29) is 6.61 Å². The van der Waals surface area contributed by atoms with E-state index in [4.69, 9.17) is 0 Å². The van der Waals surface area contributed by atoms with E-state index in [2.05, 4.69) is 14.2 Å². The predicted octanol–water partition coefficient (Wildman–Crippen LogP) is -0.939. The summed E-state index contributed by atoms with van der Waals surface area (Å²) >= 11 is 0. The standard InChI is InChI=1S/C8H16N2O5S/c1-6(8(11)14-3)9-7-4-5-15-16(12,13)10(7)2/h6-7,9H,4-5H2,1-3H3. The molecule has 7 nitrogen and oxygen atoms in total. The van der Waals surface area contributed by atoms with Crippen molar-refractivity contribution >= 4 is 16.3 Å². The van der Waals surface area contributed by atoms with E-state index in [9.17, 15) is 13.2 Å². The third-order valence-corrected chi connectivity index (χ3v) is 3.84. The van der Waals surface area contributed by atoms with Gasteiger partial charge in [0.1, 0.15) is 6.04 Å². The molecule has 0 amide bonds. The van der Waals surface area contributed by atoms with Crippen LogP contribution in [0, 0.1) is 0 Å². The van der Waals surface area contributed by atoms with Crippen LogP contribution >= 0.6 is 0 Å². The van der Waals surface area contributed by atoms with Gasteiger partial charge >= 0.3 is 16.3 Å². The first-order valence-electron chi connectivity index (χ1n) is 4.84. The Balaban J connectivity index is 2.64. The Labute approximate surface area is 95.0 Å². The minimum absolute atomic E-state index is 0.109. The number of carbonyl (C=O) groups is 1. The largest absolute Gasteiger partial charge is 0.468 e. The molecule has 2 atom stereocenters. The Morgan fingerprint density at radius 3 is 2.81 bits per heavy atom. The summed E-state index contributed by atoms with van der Waals surface area (Å²) in [5, 5.41) is 2.87.